The number of carbonyl (C=O) groups is 3. The zero-order chi connectivity index (χ0) is 23.9. The molecule has 0 unspecified atom stereocenters. The minimum Gasteiger partial charge on any atom is -0.376 e. The lowest BCUT2D eigenvalue weighted by Gasteiger charge is -2.13. The molecule has 3 aromatic carbocycles. The molecule has 0 aliphatic heterocycles. The first-order valence-electron chi connectivity index (χ1n) is 11.4. The molecule has 0 aromatic heterocycles. The highest BCUT2D eigenvalue weighted by molar-refractivity contribution is 6.05. The number of para-hydroxylation sites is 1. The van der Waals surface area contributed by atoms with E-state index < -0.39 is 0 Å². The maximum absolute atomic E-state index is 12.6. The molecule has 0 spiro atoms. The molecule has 0 saturated heterocycles. The number of benzene rings is 3. The topological polar surface area (TPSA) is 99.3 Å². The normalized spacial score (nSPS) is 12.5. The summed E-state index contributed by atoms with van der Waals surface area (Å²) in [6.45, 7) is 2.34. The Morgan fingerprint density at radius 3 is 2.38 bits per heavy atom. The van der Waals surface area contributed by atoms with E-state index in [4.69, 9.17) is 0 Å². The summed E-state index contributed by atoms with van der Waals surface area (Å²) < 4.78 is 0. The van der Waals surface area contributed by atoms with Crippen LogP contribution in [0.25, 0.3) is 0 Å². The lowest BCUT2D eigenvalue weighted by Crippen LogP contribution is -2.29. The van der Waals surface area contributed by atoms with Gasteiger partial charge in [-0.3, -0.25) is 14.4 Å². The van der Waals surface area contributed by atoms with Crippen molar-refractivity contribution in [1.29, 1.82) is 0 Å². The Kier molecular flexibility index (Phi) is 7.22. The third-order valence-corrected chi connectivity index (χ3v) is 5.60. The number of nitrogens with one attached hydrogen (secondary N) is 4. The van der Waals surface area contributed by atoms with Gasteiger partial charge in [-0.25, -0.2) is 0 Å². The molecular formula is C27H28N4O3. The highest BCUT2D eigenvalue weighted by atomic mass is 16.2. The standard InChI is InChI=1S/C27H28N4O3/c1-18-10-11-21(27(34)30-22-7-3-2-4-8-22)15-24(18)28-17-25(32)29-16-19-6-5-9-23(14-19)31-26(33)20-12-13-20/h2-11,14-15,20,28H,12-13,16-17H2,1H3,(H,29,32)(H,30,34)(H,31,33). The van der Waals surface area contributed by atoms with Crippen molar-refractivity contribution >= 4 is 34.8 Å². The van der Waals surface area contributed by atoms with Crippen LogP contribution in [0.1, 0.15) is 34.3 Å². The molecular weight excluding hydrogens is 428 g/mol. The second kappa shape index (κ2) is 10.7. The summed E-state index contributed by atoms with van der Waals surface area (Å²) in [6, 6.07) is 22.1. The average Bonchev–Trinajstić information content (AvgIpc) is 3.69. The smallest absolute Gasteiger partial charge is 0.255 e. The number of rotatable bonds is 9. The zero-order valence-corrected chi connectivity index (χ0v) is 19.1. The fraction of sp³-hybridized carbons (Fsp3) is 0.222. The van der Waals surface area contributed by atoms with Crippen LogP contribution in [0.2, 0.25) is 0 Å². The van der Waals surface area contributed by atoms with Gasteiger partial charge in [-0.15, -0.1) is 0 Å². The molecule has 0 radical (unpaired) electrons. The van der Waals surface area contributed by atoms with Crippen LogP contribution in [0.3, 0.4) is 0 Å². The molecule has 1 saturated carbocycles. The molecule has 174 valence electrons. The summed E-state index contributed by atoms with van der Waals surface area (Å²) in [4.78, 5) is 36.9. The largest absolute Gasteiger partial charge is 0.376 e. The summed E-state index contributed by atoms with van der Waals surface area (Å²) in [6.07, 6.45) is 1.91. The minimum absolute atomic E-state index is 0.0560. The first-order chi connectivity index (χ1) is 16.5. The van der Waals surface area contributed by atoms with Crippen molar-refractivity contribution in [2.24, 2.45) is 5.92 Å². The van der Waals surface area contributed by atoms with Crippen LogP contribution in [0.4, 0.5) is 17.1 Å². The van der Waals surface area contributed by atoms with E-state index in [-0.39, 0.29) is 30.2 Å². The average molecular weight is 457 g/mol. The molecule has 34 heavy (non-hydrogen) atoms. The summed E-state index contributed by atoms with van der Waals surface area (Å²) in [5, 5.41) is 11.8. The second-order valence-electron chi connectivity index (χ2n) is 8.44. The van der Waals surface area contributed by atoms with Crippen LogP contribution in [-0.2, 0) is 16.1 Å². The lowest BCUT2D eigenvalue weighted by molar-refractivity contribution is -0.119. The van der Waals surface area contributed by atoms with E-state index in [1.54, 1.807) is 12.1 Å². The van der Waals surface area contributed by atoms with Crippen LogP contribution in [0.5, 0.6) is 0 Å². The van der Waals surface area contributed by atoms with E-state index in [0.29, 0.717) is 12.1 Å². The number of carbonyl (C=O) groups excluding carboxylic acids is 3. The molecule has 3 aromatic rings. The Morgan fingerprint density at radius 2 is 1.62 bits per heavy atom. The van der Waals surface area contributed by atoms with Gasteiger partial charge in [0.05, 0.1) is 6.54 Å². The van der Waals surface area contributed by atoms with Crippen LogP contribution in [0.15, 0.2) is 72.8 Å². The molecule has 1 fully saturated rings. The third kappa shape index (κ3) is 6.45. The number of aryl methyl sites for hydroxylation is 1. The summed E-state index contributed by atoms with van der Waals surface area (Å²) in [7, 11) is 0. The predicted molar refractivity (Wildman–Crippen MR) is 134 cm³/mol. The third-order valence-electron chi connectivity index (χ3n) is 5.60. The minimum atomic E-state index is -0.215. The van der Waals surface area contributed by atoms with Crippen molar-refractivity contribution in [3.05, 3.63) is 89.5 Å². The molecule has 1 aliphatic carbocycles. The fourth-order valence-electron chi connectivity index (χ4n) is 3.47. The van der Waals surface area contributed by atoms with Crippen molar-refractivity contribution in [1.82, 2.24) is 5.32 Å². The van der Waals surface area contributed by atoms with Gasteiger partial charge >= 0.3 is 0 Å². The van der Waals surface area contributed by atoms with E-state index in [1.165, 1.54) is 0 Å². The van der Waals surface area contributed by atoms with Gasteiger partial charge in [0, 0.05) is 35.1 Å². The predicted octanol–water partition coefficient (Wildman–Crippen LogP) is 4.32. The number of hydrogen-bond acceptors (Lipinski definition) is 4. The van der Waals surface area contributed by atoms with E-state index >= 15 is 0 Å². The van der Waals surface area contributed by atoms with E-state index in [9.17, 15) is 14.4 Å². The Hall–Kier alpha value is -4.13. The summed E-state index contributed by atoms with van der Waals surface area (Å²) in [5.41, 5.74) is 4.52. The summed E-state index contributed by atoms with van der Waals surface area (Å²) in [5.74, 6) is -0.195. The number of hydrogen-bond donors (Lipinski definition) is 4. The molecule has 7 heteroatoms. The van der Waals surface area contributed by atoms with Crippen molar-refractivity contribution in [2.45, 2.75) is 26.3 Å². The Balaban J connectivity index is 1.28. The number of amides is 3. The fourth-order valence-corrected chi connectivity index (χ4v) is 3.47. The second-order valence-corrected chi connectivity index (χ2v) is 8.44. The highest BCUT2D eigenvalue weighted by Crippen LogP contribution is 2.30. The van der Waals surface area contributed by atoms with E-state index in [2.05, 4.69) is 21.3 Å². The van der Waals surface area contributed by atoms with Crippen LogP contribution in [0, 0.1) is 12.8 Å². The van der Waals surface area contributed by atoms with Gasteiger partial charge in [-0.2, -0.15) is 0 Å². The Labute approximate surface area is 199 Å². The van der Waals surface area contributed by atoms with Gasteiger partial charge in [-0.05, 0) is 67.3 Å². The van der Waals surface area contributed by atoms with Crippen molar-refractivity contribution < 1.29 is 14.4 Å². The molecule has 0 atom stereocenters. The molecule has 0 heterocycles. The van der Waals surface area contributed by atoms with Gasteiger partial charge in [0.2, 0.25) is 11.8 Å². The van der Waals surface area contributed by atoms with E-state index in [1.807, 2.05) is 67.6 Å². The van der Waals surface area contributed by atoms with Gasteiger partial charge in [0.15, 0.2) is 0 Å². The van der Waals surface area contributed by atoms with Gasteiger partial charge in [0.1, 0.15) is 0 Å². The van der Waals surface area contributed by atoms with Crippen molar-refractivity contribution in [3.8, 4) is 0 Å². The lowest BCUT2D eigenvalue weighted by atomic mass is 10.1. The number of anilines is 3. The van der Waals surface area contributed by atoms with Crippen molar-refractivity contribution in [3.63, 3.8) is 0 Å². The molecule has 0 bridgehead atoms. The first kappa shape index (κ1) is 23.0. The summed E-state index contributed by atoms with van der Waals surface area (Å²) >= 11 is 0. The maximum atomic E-state index is 12.6. The molecule has 1 aliphatic rings. The SMILES string of the molecule is Cc1ccc(C(=O)Nc2ccccc2)cc1NCC(=O)NCc1cccc(NC(=O)C2CC2)c1. The first-order valence-corrected chi connectivity index (χ1v) is 11.4. The Morgan fingerprint density at radius 1 is 0.853 bits per heavy atom. The van der Waals surface area contributed by atoms with Crippen LogP contribution in [-0.4, -0.2) is 24.3 Å². The Bertz CT molecular complexity index is 1190. The van der Waals surface area contributed by atoms with E-state index in [0.717, 1.165) is 41.0 Å². The quantitative estimate of drug-likeness (QED) is 0.385. The molecule has 4 rings (SSSR count). The molecule has 4 N–H and O–H groups in total. The van der Waals surface area contributed by atoms with Crippen LogP contribution >= 0.6 is 0 Å². The molecule has 3 amide bonds. The maximum Gasteiger partial charge on any atom is 0.255 e. The van der Waals surface area contributed by atoms with Gasteiger partial charge < -0.3 is 21.3 Å². The van der Waals surface area contributed by atoms with Gasteiger partial charge in [-0.1, -0.05) is 36.4 Å². The van der Waals surface area contributed by atoms with Crippen LogP contribution < -0.4 is 21.3 Å². The highest BCUT2D eigenvalue weighted by Gasteiger charge is 2.29. The monoisotopic (exact) mass is 456 g/mol. The van der Waals surface area contributed by atoms with Crippen molar-refractivity contribution in [2.75, 3.05) is 22.5 Å². The molecule has 7 nitrogen and oxygen atoms in total. The van der Waals surface area contributed by atoms with Gasteiger partial charge in [0.25, 0.3) is 5.91 Å². The zero-order valence-electron chi connectivity index (χ0n) is 19.1.